The van der Waals surface area contributed by atoms with Gasteiger partial charge in [-0.15, -0.1) is 0 Å². The van der Waals surface area contributed by atoms with Crippen molar-refractivity contribution in [1.29, 1.82) is 0 Å². The molecule has 1 aromatic carbocycles. The van der Waals surface area contributed by atoms with E-state index in [1.807, 2.05) is 0 Å². The summed E-state index contributed by atoms with van der Waals surface area (Å²) in [5.41, 5.74) is 0.0991. The van der Waals surface area contributed by atoms with E-state index in [0.717, 1.165) is 12.1 Å². The van der Waals surface area contributed by atoms with E-state index in [2.05, 4.69) is 4.74 Å². The lowest BCUT2D eigenvalue weighted by Gasteiger charge is -2.26. The molecule has 1 fully saturated rings. The van der Waals surface area contributed by atoms with Crippen molar-refractivity contribution >= 4 is 16.1 Å². The topological polar surface area (TPSA) is 93.2 Å². The van der Waals surface area contributed by atoms with Crippen molar-refractivity contribution in [2.75, 3.05) is 6.61 Å². The monoisotopic (exact) mass is 376 g/mol. The third kappa shape index (κ3) is 3.82. The fourth-order valence-corrected chi connectivity index (χ4v) is 2.16. The van der Waals surface area contributed by atoms with Crippen LogP contribution in [0, 0.1) is 0 Å². The average Bonchev–Trinajstić information content (AvgIpc) is 3.26. The summed E-state index contributed by atoms with van der Waals surface area (Å²) < 4.78 is 102. The summed E-state index contributed by atoms with van der Waals surface area (Å²) in [4.78, 5) is 11.6. The first-order valence-electron chi connectivity index (χ1n) is 6.18. The van der Waals surface area contributed by atoms with Crippen LogP contribution in [0.4, 0.5) is 22.0 Å². The molecule has 134 valence electrons. The molecule has 0 spiro atoms. The highest BCUT2D eigenvalue weighted by Crippen LogP contribution is 2.38. The number of benzene rings is 1. The van der Waals surface area contributed by atoms with E-state index in [-0.39, 0.29) is 6.10 Å². The fourth-order valence-electron chi connectivity index (χ4n) is 1.71. The smallest absolute Gasteiger partial charge is 0.432 e. The molecule has 1 N–H and O–H groups in total. The van der Waals surface area contributed by atoms with E-state index in [1.54, 1.807) is 0 Å². The van der Waals surface area contributed by atoms with Crippen molar-refractivity contribution in [2.45, 2.75) is 23.6 Å². The minimum absolute atomic E-state index is 0.207. The molecule has 0 saturated carbocycles. The lowest BCUT2D eigenvalue weighted by molar-refractivity contribution is -0.248. The van der Waals surface area contributed by atoms with Gasteiger partial charge in [-0.2, -0.15) is 30.4 Å². The molecule has 1 aliphatic heterocycles. The number of carbonyl (C=O) groups excluding carboxylic acids is 1. The summed E-state index contributed by atoms with van der Waals surface area (Å²) in [6, 6.07) is 4.66. The second-order valence-electron chi connectivity index (χ2n) is 4.81. The van der Waals surface area contributed by atoms with Crippen molar-refractivity contribution in [3.05, 3.63) is 35.4 Å². The van der Waals surface area contributed by atoms with Gasteiger partial charge in [-0.25, -0.2) is 4.79 Å². The zero-order chi connectivity index (χ0) is 18.3. The molecule has 6 nitrogen and oxygen atoms in total. The Bertz CT molecular complexity index is 723. The second-order valence-corrected chi connectivity index (χ2v) is 6.30. The largest absolute Gasteiger partial charge is 0.441 e. The highest BCUT2D eigenvalue weighted by atomic mass is 32.2. The third-order valence-corrected chi connectivity index (χ3v) is 3.92. The Kier molecular flexibility index (Phi) is 4.59. The van der Waals surface area contributed by atoms with Gasteiger partial charge in [0.2, 0.25) is 0 Å². The zero-order valence-corrected chi connectivity index (χ0v) is 12.3. The maximum Gasteiger partial charge on any atom is 0.432 e. The predicted octanol–water partition coefficient (Wildman–Crippen LogP) is 2.33. The summed E-state index contributed by atoms with van der Waals surface area (Å²) >= 11 is 0. The number of esters is 1. The number of carbonyl (C=O) groups is 1. The van der Waals surface area contributed by atoms with Gasteiger partial charge in [-0.3, -0.25) is 4.55 Å². The van der Waals surface area contributed by atoms with Crippen LogP contribution >= 0.6 is 0 Å². The van der Waals surface area contributed by atoms with Crippen LogP contribution in [0.5, 0.6) is 0 Å². The van der Waals surface area contributed by atoms with Gasteiger partial charge in [-0.1, -0.05) is 12.1 Å². The number of hydrogen-bond acceptors (Lipinski definition) is 5. The molecular formula is C12H9F5O6S. The minimum Gasteiger partial charge on any atom is -0.441 e. The maximum absolute atomic E-state index is 13.3. The van der Waals surface area contributed by atoms with E-state index < -0.39 is 39.2 Å². The van der Waals surface area contributed by atoms with Crippen LogP contribution in [0.2, 0.25) is 0 Å². The van der Waals surface area contributed by atoms with E-state index in [9.17, 15) is 35.2 Å². The Hall–Kier alpha value is -1.79. The van der Waals surface area contributed by atoms with Gasteiger partial charge >= 0.3 is 27.5 Å². The van der Waals surface area contributed by atoms with Crippen LogP contribution in [0.25, 0.3) is 0 Å². The lowest BCUT2D eigenvalue weighted by atomic mass is 10.1. The number of halogens is 5. The summed E-state index contributed by atoms with van der Waals surface area (Å²) in [6.07, 6.45) is -10.5. The fraction of sp³-hybridized carbons (Fsp3) is 0.417. The maximum atomic E-state index is 13.3. The van der Waals surface area contributed by atoms with Gasteiger partial charge in [0.1, 0.15) is 6.10 Å². The summed E-state index contributed by atoms with van der Waals surface area (Å²) in [7, 11) is -6.47. The molecule has 1 aromatic rings. The molecule has 0 aromatic heterocycles. The molecule has 2 atom stereocenters. The molecule has 2 unspecified atom stereocenters. The Morgan fingerprint density at radius 2 is 1.71 bits per heavy atom. The van der Waals surface area contributed by atoms with E-state index in [4.69, 9.17) is 9.29 Å². The quantitative estimate of drug-likeness (QED) is 0.367. The normalized spacial score (nSPS) is 19.7. The van der Waals surface area contributed by atoms with E-state index >= 15 is 0 Å². The van der Waals surface area contributed by atoms with Crippen molar-refractivity contribution in [3.8, 4) is 0 Å². The molecule has 24 heavy (non-hydrogen) atoms. The van der Waals surface area contributed by atoms with Gasteiger partial charge in [-0.05, 0) is 17.7 Å². The molecule has 0 radical (unpaired) electrons. The van der Waals surface area contributed by atoms with Crippen molar-refractivity contribution in [3.63, 3.8) is 0 Å². The van der Waals surface area contributed by atoms with Gasteiger partial charge < -0.3 is 9.47 Å². The number of rotatable bonds is 5. The van der Waals surface area contributed by atoms with Crippen LogP contribution in [-0.4, -0.2) is 43.1 Å². The van der Waals surface area contributed by atoms with Gasteiger partial charge in [0.05, 0.1) is 12.2 Å². The molecule has 1 aliphatic rings. The Labute approximate surface area is 131 Å². The molecular weight excluding hydrogens is 367 g/mol. The third-order valence-electron chi connectivity index (χ3n) is 3.02. The summed E-state index contributed by atoms with van der Waals surface area (Å²) in [6.45, 7) is 0.431. The molecule has 0 bridgehead atoms. The second kappa shape index (κ2) is 5.93. The Morgan fingerprint density at radius 3 is 2.08 bits per heavy atom. The van der Waals surface area contributed by atoms with E-state index in [0.29, 0.717) is 12.2 Å². The van der Waals surface area contributed by atoms with Crippen LogP contribution in [-0.2, 0) is 19.6 Å². The highest BCUT2D eigenvalue weighted by Gasteiger charge is 2.66. The van der Waals surface area contributed by atoms with Crippen molar-refractivity contribution < 1.29 is 49.2 Å². The minimum atomic E-state index is -6.47. The first-order valence-corrected chi connectivity index (χ1v) is 7.62. The molecule has 0 aliphatic carbocycles. The summed E-state index contributed by atoms with van der Waals surface area (Å²) in [5, 5.41) is -5.76. The van der Waals surface area contributed by atoms with Crippen LogP contribution < -0.4 is 0 Å². The van der Waals surface area contributed by atoms with Crippen molar-refractivity contribution in [1.82, 2.24) is 0 Å². The number of ether oxygens (including phenoxy) is 2. The SMILES string of the molecule is O=C(OC(C(F)(F)F)C(F)(F)S(=O)(=O)O)c1ccc(C2CO2)cc1. The summed E-state index contributed by atoms with van der Waals surface area (Å²) in [5.74, 6) is -1.83. The van der Waals surface area contributed by atoms with Gasteiger partial charge in [0, 0.05) is 0 Å². The molecule has 2 rings (SSSR count). The van der Waals surface area contributed by atoms with Gasteiger partial charge in [0.25, 0.3) is 6.10 Å². The van der Waals surface area contributed by atoms with Crippen molar-refractivity contribution in [2.24, 2.45) is 0 Å². The standard InChI is InChI=1S/C12H9F5O6S/c13-11(14,15)10(12(16,17)24(19,20)21)23-9(18)7-3-1-6(2-4-7)8-5-22-8/h1-4,8,10H,5H2,(H,19,20,21). The zero-order valence-electron chi connectivity index (χ0n) is 11.5. The number of epoxide rings is 1. The predicted molar refractivity (Wildman–Crippen MR) is 66.9 cm³/mol. The Morgan fingerprint density at radius 1 is 1.21 bits per heavy atom. The Balaban J connectivity index is 2.24. The van der Waals surface area contributed by atoms with Crippen LogP contribution in [0.15, 0.2) is 24.3 Å². The molecule has 1 heterocycles. The average molecular weight is 376 g/mol. The van der Waals surface area contributed by atoms with E-state index in [1.165, 1.54) is 12.1 Å². The molecule has 0 amide bonds. The lowest BCUT2D eigenvalue weighted by Crippen LogP contribution is -2.52. The first-order chi connectivity index (χ1) is 10.8. The van der Waals surface area contributed by atoms with Gasteiger partial charge in [0.15, 0.2) is 0 Å². The van der Waals surface area contributed by atoms with Crippen LogP contribution in [0.3, 0.4) is 0 Å². The molecule has 12 heteroatoms. The molecule has 1 saturated heterocycles. The first kappa shape index (κ1) is 18.5. The van der Waals surface area contributed by atoms with Crippen LogP contribution in [0.1, 0.15) is 22.0 Å². The number of hydrogen-bond donors (Lipinski definition) is 1. The highest BCUT2D eigenvalue weighted by molar-refractivity contribution is 7.86. The number of alkyl halides is 5.